The van der Waals surface area contributed by atoms with E-state index in [4.69, 9.17) is 0 Å². The average Bonchev–Trinajstić information content (AvgIpc) is 2.88. The van der Waals surface area contributed by atoms with Crippen molar-refractivity contribution in [3.8, 4) is 0 Å². The molecule has 0 atom stereocenters. The molecule has 0 bridgehead atoms. The minimum atomic E-state index is -0.120. The van der Waals surface area contributed by atoms with Crippen molar-refractivity contribution < 1.29 is 8.78 Å². The SMILES string of the molecule is C/C=C(\C=C(/C)F)CC.C=C/C=C\c1cccc(C)c1C.CS.Cc1cc(C)c2ccccc2c1F. The molecule has 0 aromatic heterocycles. The third kappa shape index (κ3) is 11.2. The molecule has 36 heavy (non-hydrogen) atoms. The Morgan fingerprint density at radius 1 is 0.917 bits per heavy atom. The normalized spacial score (nSPS) is 11.1. The van der Waals surface area contributed by atoms with Crippen LogP contribution in [0.1, 0.15) is 55.0 Å². The maximum absolute atomic E-state index is 13.6. The number of rotatable bonds is 4. The molecular weight excluding hydrogens is 466 g/mol. The number of halogens is 2. The number of benzene rings is 3. The monoisotopic (exact) mass is 508 g/mol. The van der Waals surface area contributed by atoms with Crippen LogP contribution in [0.25, 0.3) is 16.8 Å². The Hall–Kier alpha value is -2.91. The summed E-state index contributed by atoms with van der Waals surface area (Å²) < 4.78 is 25.7. The van der Waals surface area contributed by atoms with Crippen molar-refractivity contribution in [2.45, 2.75) is 54.9 Å². The molecular formula is C33H42F2S. The summed E-state index contributed by atoms with van der Waals surface area (Å²) in [4.78, 5) is 0. The van der Waals surface area contributed by atoms with Gasteiger partial charge in [-0.05, 0) is 93.5 Å². The average molecular weight is 509 g/mol. The van der Waals surface area contributed by atoms with Crippen LogP contribution in [0.15, 0.2) is 90.8 Å². The summed E-state index contributed by atoms with van der Waals surface area (Å²) >= 11 is 3.53. The highest BCUT2D eigenvalue weighted by atomic mass is 32.1. The predicted octanol–water partition coefficient (Wildman–Crippen LogP) is 10.9. The Balaban J connectivity index is 0.000000502. The number of allylic oxidation sites excluding steroid dienone is 6. The maximum Gasteiger partial charge on any atom is 0.133 e. The highest BCUT2D eigenvalue weighted by Gasteiger charge is 2.05. The Morgan fingerprint density at radius 2 is 1.53 bits per heavy atom. The van der Waals surface area contributed by atoms with Crippen LogP contribution in [0.4, 0.5) is 8.78 Å². The molecule has 0 N–H and O–H groups in total. The van der Waals surface area contributed by atoms with E-state index in [1.54, 1.807) is 25.3 Å². The van der Waals surface area contributed by atoms with Crippen molar-refractivity contribution in [1.82, 2.24) is 0 Å². The van der Waals surface area contributed by atoms with Crippen molar-refractivity contribution in [2.24, 2.45) is 0 Å². The van der Waals surface area contributed by atoms with Gasteiger partial charge >= 0.3 is 0 Å². The van der Waals surface area contributed by atoms with Gasteiger partial charge in [0.2, 0.25) is 0 Å². The lowest BCUT2D eigenvalue weighted by atomic mass is 10.0. The summed E-state index contributed by atoms with van der Waals surface area (Å²) in [7, 11) is 0. The van der Waals surface area contributed by atoms with Crippen LogP contribution in [-0.4, -0.2) is 6.26 Å². The van der Waals surface area contributed by atoms with Crippen molar-refractivity contribution in [3.63, 3.8) is 0 Å². The lowest BCUT2D eigenvalue weighted by molar-refractivity contribution is 0.630. The molecule has 0 saturated carbocycles. The van der Waals surface area contributed by atoms with E-state index in [1.807, 2.05) is 63.3 Å². The summed E-state index contributed by atoms with van der Waals surface area (Å²) in [6.45, 7) is 17.1. The summed E-state index contributed by atoms with van der Waals surface area (Å²) in [6.07, 6.45) is 11.9. The largest absolute Gasteiger partial charge is 0.212 e. The van der Waals surface area contributed by atoms with E-state index in [0.717, 1.165) is 33.9 Å². The number of thiol groups is 1. The highest BCUT2D eigenvalue weighted by Crippen LogP contribution is 2.23. The first kappa shape index (κ1) is 33.1. The van der Waals surface area contributed by atoms with Crippen LogP contribution in [-0.2, 0) is 0 Å². The molecule has 0 radical (unpaired) electrons. The second-order valence-electron chi connectivity index (χ2n) is 8.20. The number of aryl methyl sites for hydroxylation is 3. The Labute approximate surface area is 223 Å². The lowest BCUT2D eigenvalue weighted by Crippen LogP contribution is -1.87. The lowest BCUT2D eigenvalue weighted by Gasteiger charge is -2.05. The minimum Gasteiger partial charge on any atom is -0.212 e. The smallest absolute Gasteiger partial charge is 0.133 e. The second kappa shape index (κ2) is 18.4. The summed E-state index contributed by atoms with van der Waals surface area (Å²) in [6, 6.07) is 15.8. The van der Waals surface area contributed by atoms with Gasteiger partial charge in [0, 0.05) is 5.39 Å². The number of hydrogen-bond donors (Lipinski definition) is 1. The molecule has 0 saturated heterocycles. The van der Waals surface area contributed by atoms with Gasteiger partial charge in [-0.2, -0.15) is 12.6 Å². The molecule has 194 valence electrons. The zero-order valence-corrected chi connectivity index (χ0v) is 24.0. The Bertz CT molecular complexity index is 1180. The molecule has 3 heteroatoms. The first-order valence-electron chi connectivity index (χ1n) is 12.1. The first-order chi connectivity index (χ1) is 17.2. The Kier molecular flexibility index (Phi) is 16.9. The molecule has 0 amide bonds. The number of hydrogen-bond acceptors (Lipinski definition) is 1. The molecule has 0 spiro atoms. The van der Waals surface area contributed by atoms with E-state index in [-0.39, 0.29) is 11.6 Å². The van der Waals surface area contributed by atoms with Gasteiger partial charge in [-0.1, -0.05) is 91.9 Å². The fraction of sp³-hybridized carbons (Fsp3) is 0.273. The molecule has 3 aromatic carbocycles. The topological polar surface area (TPSA) is 0 Å². The summed E-state index contributed by atoms with van der Waals surface area (Å²) in [5, 5.41) is 1.73. The predicted molar refractivity (Wildman–Crippen MR) is 162 cm³/mol. The molecule has 3 rings (SSSR count). The van der Waals surface area contributed by atoms with Crippen molar-refractivity contribution in [2.75, 3.05) is 6.26 Å². The molecule has 0 nitrogen and oxygen atoms in total. The fourth-order valence-corrected chi connectivity index (χ4v) is 3.47. The molecule has 0 unspecified atom stereocenters. The van der Waals surface area contributed by atoms with Crippen molar-refractivity contribution >= 4 is 29.5 Å². The van der Waals surface area contributed by atoms with E-state index >= 15 is 0 Å². The quantitative estimate of drug-likeness (QED) is 0.263. The van der Waals surface area contributed by atoms with E-state index in [0.29, 0.717) is 0 Å². The van der Waals surface area contributed by atoms with Crippen LogP contribution in [0.3, 0.4) is 0 Å². The third-order valence-corrected chi connectivity index (χ3v) is 5.59. The van der Waals surface area contributed by atoms with Crippen LogP contribution in [0, 0.1) is 33.5 Å². The Morgan fingerprint density at radius 3 is 2.03 bits per heavy atom. The van der Waals surface area contributed by atoms with Gasteiger partial charge in [0.05, 0.1) is 5.83 Å². The standard InChI is InChI=1S/C12H11F.C12H14.C8H13F.CH4S/c1-8-7-9(2)12(13)11-6-4-3-5-10(8)11;1-4-5-8-12-9-6-7-10(2)11(12)3;1-4-8(5-2)6-7(3)9;1-2/h3-7H,1-2H3;4-9H,1H2,2-3H3;4,6H,5H2,1-3H3;2H,1H3/b;8-5-;7-6+,8-4-;. The van der Waals surface area contributed by atoms with Crippen LogP contribution >= 0.6 is 12.6 Å². The van der Waals surface area contributed by atoms with E-state index in [1.165, 1.54) is 23.6 Å². The van der Waals surface area contributed by atoms with Crippen LogP contribution < -0.4 is 0 Å². The van der Waals surface area contributed by atoms with E-state index in [9.17, 15) is 8.78 Å². The maximum atomic E-state index is 13.6. The molecule has 0 fully saturated rings. The molecule has 3 aromatic rings. The van der Waals surface area contributed by atoms with Crippen molar-refractivity contribution in [1.29, 1.82) is 0 Å². The van der Waals surface area contributed by atoms with E-state index in [2.05, 4.69) is 57.3 Å². The van der Waals surface area contributed by atoms with Gasteiger partial charge in [-0.15, -0.1) is 0 Å². The van der Waals surface area contributed by atoms with Gasteiger partial charge in [0.25, 0.3) is 0 Å². The van der Waals surface area contributed by atoms with Gasteiger partial charge < -0.3 is 0 Å². The van der Waals surface area contributed by atoms with Crippen molar-refractivity contribution in [3.05, 3.63) is 124 Å². The summed E-state index contributed by atoms with van der Waals surface area (Å²) in [5.41, 5.74) is 6.85. The molecule has 0 aliphatic heterocycles. The van der Waals surface area contributed by atoms with Crippen LogP contribution in [0.2, 0.25) is 0 Å². The second-order valence-corrected chi connectivity index (χ2v) is 8.20. The zero-order valence-electron chi connectivity index (χ0n) is 23.1. The molecule has 0 aliphatic carbocycles. The molecule has 0 heterocycles. The van der Waals surface area contributed by atoms with Gasteiger partial charge in [0.15, 0.2) is 0 Å². The third-order valence-electron chi connectivity index (χ3n) is 5.59. The highest BCUT2D eigenvalue weighted by molar-refractivity contribution is 7.79. The summed E-state index contributed by atoms with van der Waals surface area (Å²) in [5.74, 6) is -0.217. The fourth-order valence-electron chi connectivity index (χ4n) is 3.47. The zero-order chi connectivity index (χ0) is 27.7. The molecule has 0 aliphatic rings. The van der Waals surface area contributed by atoms with Crippen LogP contribution in [0.5, 0.6) is 0 Å². The number of fused-ring (bicyclic) bond motifs is 1. The first-order valence-corrected chi connectivity index (χ1v) is 13.0. The van der Waals surface area contributed by atoms with E-state index < -0.39 is 0 Å². The van der Waals surface area contributed by atoms with Gasteiger partial charge in [0.1, 0.15) is 5.82 Å². The minimum absolute atomic E-state index is 0.0961. The van der Waals surface area contributed by atoms with Gasteiger partial charge in [-0.25, -0.2) is 8.78 Å². The van der Waals surface area contributed by atoms with Gasteiger partial charge in [-0.3, -0.25) is 0 Å².